The van der Waals surface area contributed by atoms with Gasteiger partial charge in [0.05, 0.1) is 23.6 Å². The lowest BCUT2D eigenvalue weighted by atomic mass is 10.1. The minimum Gasteiger partial charge on any atom is -0.487 e. The first-order chi connectivity index (χ1) is 14.8. The maximum atomic E-state index is 12.2. The quantitative estimate of drug-likeness (QED) is 0.597. The molecule has 3 aromatic rings. The first kappa shape index (κ1) is 20.5. The van der Waals surface area contributed by atoms with Crippen molar-refractivity contribution < 1.29 is 32.5 Å². The second kappa shape index (κ2) is 8.17. The number of aromatic carboxylic acids is 1. The number of ether oxygens (including phenoxy) is 2. The molecule has 0 saturated heterocycles. The van der Waals surface area contributed by atoms with Crippen molar-refractivity contribution in [3.63, 3.8) is 0 Å². The fourth-order valence-corrected chi connectivity index (χ4v) is 3.37. The lowest BCUT2D eigenvalue weighted by Gasteiger charge is -2.20. The molecule has 0 aliphatic carbocycles. The second-order valence-electron chi connectivity index (χ2n) is 6.91. The zero-order valence-corrected chi connectivity index (χ0v) is 16.1. The van der Waals surface area contributed by atoms with Crippen molar-refractivity contribution in [3.8, 4) is 11.5 Å². The van der Waals surface area contributed by atoms with Crippen LogP contribution in [0.1, 0.15) is 21.5 Å². The third-order valence-electron chi connectivity index (χ3n) is 4.80. The second-order valence-corrected chi connectivity index (χ2v) is 6.91. The van der Waals surface area contributed by atoms with E-state index in [1.54, 1.807) is 24.4 Å². The molecule has 0 radical (unpaired) electrons. The first-order valence-electron chi connectivity index (χ1n) is 9.35. The highest BCUT2D eigenvalue weighted by Gasteiger charge is 2.31. The number of nitrogens with zero attached hydrogens (tertiary/aromatic N) is 2. The zero-order valence-electron chi connectivity index (χ0n) is 16.1. The molecule has 1 N–H and O–H groups in total. The van der Waals surface area contributed by atoms with E-state index in [-0.39, 0.29) is 17.9 Å². The molecule has 0 unspecified atom stereocenters. The van der Waals surface area contributed by atoms with Crippen molar-refractivity contribution >= 4 is 17.3 Å². The van der Waals surface area contributed by atoms with Gasteiger partial charge in [0.1, 0.15) is 18.1 Å². The smallest absolute Gasteiger partial charge is 0.487 e. The zero-order chi connectivity index (χ0) is 22.0. The molecule has 0 saturated carbocycles. The Balaban J connectivity index is 1.46. The van der Waals surface area contributed by atoms with Gasteiger partial charge in [0.2, 0.25) is 0 Å². The van der Waals surface area contributed by atoms with Crippen molar-refractivity contribution in [3.05, 3.63) is 77.6 Å². The first-order valence-corrected chi connectivity index (χ1v) is 9.35. The third-order valence-corrected chi connectivity index (χ3v) is 4.80. The van der Waals surface area contributed by atoms with Gasteiger partial charge in [-0.3, -0.25) is 4.98 Å². The molecule has 0 fully saturated rings. The average molecular weight is 430 g/mol. The number of carboxylic acids is 1. The van der Waals surface area contributed by atoms with Crippen molar-refractivity contribution in [1.82, 2.24) is 4.98 Å². The number of hydrogen-bond donors (Lipinski definition) is 1. The summed E-state index contributed by atoms with van der Waals surface area (Å²) in [7, 11) is 0. The van der Waals surface area contributed by atoms with Crippen molar-refractivity contribution in [1.29, 1.82) is 0 Å². The predicted octanol–water partition coefficient (Wildman–Crippen LogP) is 4.95. The van der Waals surface area contributed by atoms with Gasteiger partial charge in [0, 0.05) is 18.3 Å². The molecule has 9 heteroatoms. The molecule has 160 valence electrons. The maximum Gasteiger partial charge on any atom is 0.573 e. The van der Waals surface area contributed by atoms with E-state index in [1.165, 1.54) is 30.5 Å². The topological polar surface area (TPSA) is 71.9 Å². The van der Waals surface area contributed by atoms with Crippen LogP contribution in [0.2, 0.25) is 0 Å². The Morgan fingerprint density at radius 2 is 1.84 bits per heavy atom. The summed E-state index contributed by atoms with van der Waals surface area (Å²) in [5.41, 5.74) is 3.51. The molecule has 0 amide bonds. The summed E-state index contributed by atoms with van der Waals surface area (Å²) in [6.07, 6.45) is -0.746. The highest BCUT2D eigenvalue weighted by molar-refractivity contribution is 5.90. The molecule has 0 bridgehead atoms. The summed E-state index contributed by atoms with van der Waals surface area (Å²) >= 11 is 0. The molecular weight excluding hydrogens is 413 g/mol. The van der Waals surface area contributed by atoms with Gasteiger partial charge in [-0.05, 0) is 41.8 Å². The lowest BCUT2D eigenvalue weighted by molar-refractivity contribution is -0.274. The van der Waals surface area contributed by atoms with E-state index in [0.29, 0.717) is 17.9 Å². The molecule has 1 aliphatic heterocycles. The Kier molecular flexibility index (Phi) is 5.41. The number of halogens is 3. The molecule has 2 heterocycles. The molecule has 31 heavy (non-hydrogen) atoms. The molecule has 0 atom stereocenters. The number of rotatable bonds is 6. The van der Waals surface area contributed by atoms with Crippen molar-refractivity contribution in [2.45, 2.75) is 19.4 Å². The van der Waals surface area contributed by atoms with Gasteiger partial charge in [-0.25, -0.2) is 4.79 Å². The average Bonchev–Trinajstić information content (AvgIpc) is 3.15. The number of alkyl halides is 3. The Morgan fingerprint density at radius 3 is 2.55 bits per heavy atom. The minimum atomic E-state index is -4.73. The molecule has 6 nitrogen and oxygen atoms in total. The Morgan fingerprint density at radius 1 is 1.06 bits per heavy atom. The standard InChI is InChI=1S/C22H17F3N2O4/c23-22(24,25)31-18-5-1-14(2-6-18)13-30-19-10-17(11-26-12-19)27-8-7-15-3-4-16(21(28)29)9-20(15)27/h1-6,9-12H,7-8,13H2,(H,28,29). The highest BCUT2D eigenvalue weighted by atomic mass is 19.4. The summed E-state index contributed by atoms with van der Waals surface area (Å²) in [6.45, 7) is 0.821. The number of pyridine rings is 1. The van der Waals surface area contributed by atoms with E-state index >= 15 is 0 Å². The highest BCUT2D eigenvalue weighted by Crippen LogP contribution is 2.36. The van der Waals surface area contributed by atoms with Crippen LogP contribution in [0.3, 0.4) is 0 Å². The number of hydrogen-bond acceptors (Lipinski definition) is 5. The van der Waals surface area contributed by atoms with Gasteiger partial charge in [-0.15, -0.1) is 13.2 Å². The van der Waals surface area contributed by atoms with Crippen LogP contribution in [0, 0.1) is 0 Å². The number of benzene rings is 2. The van der Waals surface area contributed by atoms with Gasteiger partial charge in [0.25, 0.3) is 0 Å². The number of carbonyl (C=O) groups is 1. The third kappa shape index (κ3) is 4.88. The molecular formula is C22H17F3N2O4. The van der Waals surface area contributed by atoms with E-state index in [1.807, 2.05) is 11.0 Å². The van der Waals surface area contributed by atoms with Gasteiger partial charge >= 0.3 is 12.3 Å². The van der Waals surface area contributed by atoms with E-state index in [4.69, 9.17) is 4.74 Å². The van der Waals surface area contributed by atoms with Gasteiger partial charge < -0.3 is 19.5 Å². The summed E-state index contributed by atoms with van der Waals surface area (Å²) in [6, 6.07) is 12.3. The molecule has 4 rings (SSSR count). The molecule has 1 aromatic heterocycles. The van der Waals surface area contributed by atoms with Crippen LogP contribution in [0.15, 0.2) is 60.9 Å². The van der Waals surface area contributed by atoms with E-state index < -0.39 is 12.3 Å². The van der Waals surface area contributed by atoms with Gasteiger partial charge in [-0.1, -0.05) is 18.2 Å². The van der Waals surface area contributed by atoms with E-state index in [9.17, 15) is 23.1 Å². The Bertz CT molecular complexity index is 1100. The molecule has 1 aliphatic rings. The van der Waals surface area contributed by atoms with Crippen LogP contribution >= 0.6 is 0 Å². The van der Waals surface area contributed by atoms with Crippen LogP contribution in [0.4, 0.5) is 24.5 Å². The van der Waals surface area contributed by atoms with Crippen LogP contribution < -0.4 is 14.4 Å². The largest absolute Gasteiger partial charge is 0.573 e. The number of fused-ring (bicyclic) bond motifs is 1. The molecule has 2 aromatic carbocycles. The fourth-order valence-electron chi connectivity index (χ4n) is 3.37. The van der Waals surface area contributed by atoms with Crippen LogP contribution in [-0.2, 0) is 13.0 Å². The predicted molar refractivity (Wildman–Crippen MR) is 106 cm³/mol. The lowest BCUT2D eigenvalue weighted by Crippen LogP contribution is -2.17. The summed E-state index contributed by atoms with van der Waals surface area (Å²) in [5, 5.41) is 9.25. The van der Waals surface area contributed by atoms with Crippen molar-refractivity contribution in [2.24, 2.45) is 0 Å². The Labute approximate surface area is 175 Å². The monoisotopic (exact) mass is 430 g/mol. The Hall–Kier alpha value is -3.75. The van der Waals surface area contributed by atoms with Crippen molar-refractivity contribution in [2.75, 3.05) is 11.4 Å². The number of aromatic nitrogens is 1. The van der Waals surface area contributed by atoms with E-state index in [2.05, 4.69) is 9.72 Å². The maximum absolute atomic E-state index is 12.2. The summed E-state index contributed by atoms with van der Waals surface area (Å²) in [4.78, 5) is 17.5. The number of carboxylic acid groups (broad SMARTS) is 1. The molecule has 0 spiro atoms. The number of anilines is 2. The van der Waals surface area contributed by atoms with Gasteiger partial charge in [0.15, 0.2) is 0 Å². The summed E-state index contributed by atoms with van der Waals surface area (Å²) < 4.78 is 46.3. The SMILES string of the molecule is O=C(O)c1ccc2c(c1)N(c1cncc(OCc3ccc(OC(F)(F)F)cc3)c1)CC2. The fraction of sp³-hybridized carbons (Fsp3) is 0.182. The van der Waals surface area contributed by atoms with Gasteiger partial charge in [-0.2, -0.15) is 0 Å². The van der Waals surface area contributed by atoms with Crippen LogP contribution in [-0.4, -0.2) is 29.0 Å². The van der Waals surface area contributed by atoms with Crippen LogP contribution in [0.25, 0.3) is 0 Å². The normalized spacial score (nSPS) is 13.1. The van der Waals surface area contributed by atoms with E-state index in [0.717, 1.165) is 23.4 Å². The van der Waals surface area contributed by atoms with Crippen LogP contribution in [0.5, 0.6) is 11.5 Å². The summed E-state index contributed by atoms with van der Waals surface area (Å²) in [5.74, 6) is -0.805. The minimum absolute atomic E-state index is 0.136.